The Morgan fingerprint density at radius 3 is 3.29 bits per heavy atom. The van der Waals surface area contributed by atoms with Crippen LogP contribution in [0, 0.1) is 0 Å². The van der Waals surface area contributed by atoms with Crippen molar-refractivity contribution in [3.8, 4) is 0 Å². The van der Waals surface area contributed by atoms with Crippen molar-refractivity contribution in [2.75, 3.05) is 13.2 Å². The fraction of sp³-hybridized carbons (Fsp3) is 0.700. The number of aliphatic hydroxyl groups excluding tert-OH is 1. The van der Waals surface area contributed by atoms with Gasteiger partial charge < -0.3 is 9.84 Å². The minimum absolute atomic E-state index is 0.301. The largest absolute Gasteiger partial charge is 0.393 e. The number of hydrogen-bond donors (Lipinski definition) is 1. The molecule has 1 aromatic rings. The zero-order chi connectivity index (χ0) is 9.97. The maximum absolute atomic E-state index is 9.22. The van der Waals surface area contributed by atoms with Crippen LogP contribution in [0.3, 0.4) is 0 Å². The van der Waals surface area contributed by atoms with Crippen molar-refractivity contribution in [3.05, 3.63) is 16.1 Å². The Kier molecular flexibility index (Phi) is 3.15. The average molecular weight is 213 g/mol. The molecule has 4 heteroatoms. The summed E-state index contributed by atoms with van der Waals surface area (Å²) in [4.78, 5) is 4.51. The molecule has 1 saturated heterocycles. The third-order valence-electron chi connectivity index (χ3n) is 2.35. The highest BCUT2D eigenvalue weighted by atomic mass is 32.1. The van der Waals surface area contributed by atoms with E-state index >= 15 is 0 Å². The summed E-state index contributed by atoms with van der Waals surface area (Å²) in [6.07, 6.45) is 1.44. The van der Waals surface area contributed by atoms with E-state index in [1.165, 1.54) is 0 Å². The Hall–Kier alpha value is -0.450. The molecule has 2 rings (SSSR count). The van der Waals surface area contributed by atoms with E-state index in [0.29, 0.717) is 12.3 Å². The van der Waals surface area contributed by atoms with Gasteiger partial charge in [-0.2, -0.15) is 0 Å². The van der Waals surface area contributed by atoms with Crippen molar-refractivity contribution in [2.45, 2.75) is 31.8 Å². The van der Waals surface area contributed by atoms with E-state index in [-0.39, 0.29) is 6.10 Å². The molecule has 2 unspecified atom stereocenters. The zero-order valence-corrected chi connectivity index (χ0v) is 9.09. The fourth-order valence-electron chi connectivity index (χ4n) is 1.64. The third-order valence-corrected chi connectivity index (χ3v) is 3.41. The molecule has 2 atom stereocenters. The summed E-state index contributed by atoms with van der Waals surface area (Å²) in [5.41, 5.74) is 1.01. The molecule has 0 aliphatic carbocycles. The van der Waals surface area contributed by atoms with Gasteiger partial charge >= 0.3 is 0 Å². The molecule has 1 aliphatic heterocycles. The first-order valence-electron chi connectivity index (χ1n) is 4.96. The van der Waals surface area contributed by atoms with Crippen molar-refractivity contribution in [3.63, 3.8) is 0 Å². The molecule has 0 spiro atoms. The molecule has 3 nitrogen and oxygen atoms in total. The number of hydrogen-bond acceptors (Lipinski definition) is 4. The molecular weight excluding hydrogens is 198 g/mol. The lowest BCUT2D eigenvalue weighted by molar-refractivity contribution is 0.193. The zero-order valence-electron chi connectivity index (χ0n) is 8.27. The maximum atomic E-state index is 9.22. The van der Waals surface area contributed by atoms with E-state index in [1.807, 2.05) is 5.38 Å². The van der Waals surface area contributed by atoms with Crippen molar-refractivity contribution in [2.24, 2.45) is 0 Å². The van der Waals surface area contributed by atoms with Gasteiger partial charge in [0, 0.05) is 24.3 Å². The lowest BCUT2D eigenvalue weighted by Crippen LogP contribution is -2.05. The first-order valence-corrected chi connectivity index (χ1v) is 5.84. The van der Waals surface area contributed by atoms with Gasteiger partial charge in [-0.25, -0.2) is 4.98 Å². The number of nitrogens with zero attached hydrogens (tertiary/aromatic N) is 1. The van der Waals surface area contributed by atoms with Crippen molar-refractivity contribution >= 4 is 11.3 Å². The fourth-order valence-corrected chi connectivity index (χ4v) is 2.59. The van der Waals surface area contributed by atoms with Crippen LogP contribution in [0.15, 0.2) is 5.38 Å². The second kappa shape index (κ2) is 4.38. The molecule has 0 aromatic carbocycles. The first-order chi connectivity index (χ1) is 6.75. The molecule has 1 N–H and O–H groups in total. The molecule has 1 aromatic heterocycles. The number of aromatic nitrogens is 1. The Morgan fingerprint density at radius 1 is 1.79 bits per heavy atom. The minimum Gasteiger partial charge on any atom is -0.393 e. The van der Waals surface area contributed by atoms with Crippen LogP contribution in [-0.4, -0.2) is 29.4 Å². The van der Waals surface area contributed by atoms with E-state index in [9.17, 15) is 5.11 Å². The van der Waals surface area contributed by atoms with Crippen molar-refractivity contribution in [1.82, 2.24) is 4.98 Å². The summed E-state index contributed by atoms with van der Waals surface area (Å²) >= 11 is 1.69. The monoisotopic (exact) mass is 213 g/mol. The van der Waals surface area contributed by atoms with E-state index in [2.05, 4.69) is 4.98 Å². The van der Waals surface area contributed by atoms with Gasteiger partial charge in [-0.1, -0.05) is 0 Å². The molecule has 0 saturated carbocycles. The van der Waals surface area contributed by atoms with Crippen LogP contribution in [0.25, 0.3) is 0 Å². The summed E-state index contributed by atoms with van der Waals surface area (Å²) in [6.45, 7) is 3.45. The van der Waals surface area contributed by atoms with Crippen molar-refractivity contribution < 1.29 is 9.84 Å². The number of rotatable bonds is 3. The molecule has 0 radical (unpaired) electrons. The van der Waals surface area contributed by atoms with Crippen LogP contribution >= 0.6 is 11.3 Å². The third kappa shape index (κ3) is 2.32. The summed E-state index contributed by atoms with van der Waals surface area (Å²) in [6, 6.07) is 0. The van der Waals surface area contributed by atoms with Crippen LogP contribution in [0.4, 0.5) is 0 Å². The normalized spacial score (nSPS) is 24.0. The van der Waals surface area contributed by atoms with Crippen LogP contribution in [0.2, 0.25) is 0 Å². The Labute approximate surface area is 87.7 Å². The predicted octanol–water partition coefficient (Wildman–Crippen LogP) is 1.57. The van der Waals surface area contributed by atoms with Gasteiger partial charge in [0.05, 0.1) is 23.4 Å². The highest BCUT2D eigenvalue weighted by Gasteiger charge is 2.20. The minimum atomic E-state index is -0.301. The average Bonchev–Trinajstić information content (AvgIpc) is 2.69. The quantitative estimate of drug-likeness (QED) is 0.828. The van der Waals surface area contributed by atoms with Crippen molar-refractivity contribution in [1.29, 1.82) is 0 Å². The topological polar surface area (TPSA) is 42.4 Å². The van der Waals surface area contributed by atoms with Crippen LogP contribution < -0.4 is 0 Å². The summed E-state index contributed by atoms with van der Waals surface area (Å²) in [5, 5.41) is 12.4. The number of thiazole rings is 1. The second-order valence-electron chi connectivity index (χ2n) is 3.79. The lowest BCUT2D eigenvalue weighted by Gasteiger charge is -2.02. The van der Waals surface area contributed by atoms with Gasteiger partial charge in [-0.3, -0.25) is 0 Å². The highest BCUT2D eigenvalue weighted by Crippen LogP contribution is 2.27. The SMILES string of the molecule is CC(O)Cc1csc(C2CCOC2)n1. The van der Waals surface area contributed by atoms with Gasteiger partial charge in [0.25, 0.3) is 0 Å². The van der Waals surface area contributed by atoms with Gasteiger partial charge in [0.15, 0.2) is 0 Å². The van der Waals surface area contributed by atoms with Gasteiger partial charge in [0.2, 0.25) is 0 Å². The maximum Gasteiger partial charge on any atom is 0.0983 e. The van der Waals surface area contributed by atoms with Gasteiger partial charge in [0.1, 0.15) is 0 Å². The number of ether oxygens (including phenoxy) is 1. The summed E-state index contributed by atoms with van der Waals surface area (Å²) < 4.78 is 5.32. The molecular formula is C10H15NO2S. The van der Waals surface area contributed by atoms with Gasteiger partial charge in [-0.15, -0.1) is 11.3 Å². The standard InChI is InChI=1S/C10H15NO2S/c1-7(12)4-9-6-14-10(11-9)8-2-3-13-5-8/h6-8,12H,2-5H2,1H3. The van der Waals surface area contributed by atoms with Crippen LogP contribution in [0.1, 0.15) is 30.0 Å². The predicted molar refractivity (Wildman–Crippen MR) is 55.7 cm³/mol. The Bertz CT molecular complexity index is 292. The van der Waals surface area contributed by atoms with E-state index in [1.54, 1.807) is 18.3 Å². The molecule has 14 heavy (non-hydrogen) atoms. The summed E-state index contributed by atoms with van der Waals surface area (Å²) in [7, 11) is 0. The Morgan fingerprint density at radius 2 is 2.64 bits per heavy atom. The smallest absolute Gasteiger partial charge is 0.0983 e. The molecule has 1 aliphatic rings. The second-order valence-corrected chi connectivity index (χ2v) is 4.68. The first kappa shape index (κ1) is 10.1. The number of aliphatic hydroxyl groups is 1. The van der Waals surface area contributed by atoms with E-state index in [4.69, 9.17) is 4.74 Å². The van der Waals surface area contributed by atoms with Crippen LogP contribution in [0.5, 0.6) is 0 Å². The molecule has 78 valence electrons. The molecule has 0 bridgehead atoms. The molecule has 2 heterocycles. The molecule has 0 amide bonds. The molecule has 1 fully saturated rings. The van der Waals surface area contributed by atoms with Crippen LogP contribution in [-0.2, 0) is 11.2 Å². The highest BCUT2D eigenvalue weighted by molar-refractivity contribution is 7.09. The van der Waals surface area contributed by atoms with E-state index < -0.39 is 0 Å². The summed E-state index contributed by atoms with van der Waals surface area (Å²) in [5.74, 6) is 0.489. The Balaban J connectivity index is 2.01. The van der Waals surface area contributed by atoms with E-state index in [0.717, 1.165) is 30.3 Å². The lowest BCUT2D eigenvalue weighted by atomic mass is 10.1. The van der Waals surface area contributed by atoms with Gasteiger partial charge in [-0.05, 0) is 13.3 Å².